The number of rotatable bonds is 3. The summed E-state index contributed by atoms with van der Waals surface area (Å²) in [7, 11) is 0. The van der Waals surface area contributed by atoms with Crippen molar-refractivity contribution in [3.8, 4) is 0 Å². The van der Waals surface area contributed by atoms with Gasteiger partial charge in [-0.1, -0.05) is 11.8 Å². The maximum absolute atomic E-state index is 5.66. The lowest BCUT2D eigenvalue weighted by Gasteiger charge is -2.01. The van der Waals surface area contributed by atoms with Crippen molar-refractivity contribution in [1.82, 2.24) is 9.97 Å². The molecule has 0 aromatic carbocycles. The monoisotopic (exact) mass is 315 g/mol. The number of aromatic nitrogens is 2. The standard InChI is InChI=1S/C10H10BrN3S2/c1-6-2-9(12)14-10(13-6)16-5-8-3-7(11)4-15-8/h2-4H,5H2,1H3,(H2,12,13,14). The Labute approximate surface area is 111 Å². The van der Waals surface area contributed by atoms with Gasteiger partial charge in [0, 0.05) is 32.2 Å². The molecule has 0 aliphatic rings. The van der Waals surface area contributed by atoms with E-state index in [1.54, 1.807) is 29.2 Å². The van der Waals surface area contributed by atoms with Crippen molar-refractivity contribution in [2.45, 2.75) is 17.8 Å². The molecule has 16 heavy (non-hydrogen) atoms. The summed E-state index contributed by atoms with van der Waals surface area (Å²) in [5.74, 6) is 1.40. The molecule has 2 aromatic rings. The normalized spacial score (nSPS) is 10.6. The van der Waals surface area contributed by atoms with E-state index in [4.69, 9.17) is 5.73 Å². The molecule has 0 atom stereocenters. The third-order valence-corrected chi connectivity index (χ3v) is 4.60. The van der Waals surface area contributed by atoms with Gasteiger partial charge < -0.3 is 5.73 Å². The van der Waals surface area contributed by atoms with Gasteiger partial charge in [0.05, 0.1) is 0 Å². The summed E-state index contributed by atoms with van der Waals surface area (Å²) in [4.78, 5) is 9.79. The maximum Gasteiger partial charge on any atom is 0.190 e. The van der Waals surface area contributed by atoms with Crippen molar-refractivity contribution in [1.29, 1.82) is 0 Å². The molecular weight excluding hydrogens is 306 g/mol. The molecule has 2 aromatic heterocycles. The van der Waals surface area contributed by atoms with Crippen LogP contribution in [-0.2, 0) is 5.75 Å². The van der Waals surface area contributed by atoms with Crippen LogP contribution in [0, 0.1) is 6.92 Å². The lowest BCUT2D eigenvalue weighted by atomic mass is 10.4. The first-order chi connectivity index (χ1) is 7.63. The average Bonchev–Trinajstić information content (AvgIpc) is 2.60. The van der Waals surface area contributed by atoms with Crippen LogP contribution in [0.15, 0.2) is 27.1 Å². The quantitative estimate of drug-likeness (QED) is 0.696. The Bertz CT molecular complexity index is 478. The fourth-order valence-corrected chi connectivity index (χ4v) is 3.61. The largest absolute Gasteiger partial charge is 0.384 e. The van der Waals surface area contributed by atoms with Gasteiger partial charge in [-0.25, -0.2) is 9.97 Å². The minimum Gasteiger partial charge on any atom is -0.384 e. The highest BCUT2D eigenvalue weighted by Crippen LogP contribution is 2.26. The van der Waals surface area contributed by atoms with Gasteiger partial charge in [-0.15, -0.1) is 11.3 Å². The Morgan fingerprint density at radius 1 is 1.44 bits per heavy atom. The molecular formula is C10H10BrN3S2. The summed E-state index contributed by atoms with van der Waals surface area (Å²) in [5, 5.41) is 2.81. The summed E-state index contributed by atoms with van der Waals surface area (Å²) in [6.45, 7) is 1.92. The van der Waals surface area contributed by atoms with Gasteiger partial charge in [0.1, 0.15) is 5.82 Å². The number of halogens is 1. The molecule has 0 radical (unpaired) electrons. The molecule has 2 N–H and O–H groups in total. The van der Waals surface area contributed by atoms with E-state index in [0.29, 0.717) is 5.82 Å². The highest BCUT2D eigenvalue weighted by molar-refractivity contribution is 9.10. The molecule has 0 bridgehead atoms. The number of anilines is 1. The second kappa shape index (κ2) is 5.16. The lowest BCUT2D eigenvalue weighted by molar-refractivity contribution is 0.940. The molecule has 0 amide bonds. The summed E-state index contributed by atoms with van der Waals surface area (Å²) < 4.78 is 1.12. The smallest absolute Gasteiger partial charge is 0.190 e. The zero-order chi connectivity index (χ0) is 11.5. The third kappa shape index (κ3) is 3.20. The average molecular weight is 316 g/mol. The molecule has 0 aliphatic heterocycles. The van der Waals surface area contributed by atoms with Gasteiger partial charge in [-0.2, -0.15) is 0 Å². The topological polar surface area (TPSA) is 51.8 Å². The molecule has 3 nitrogen and oxygen atoms in total. The van der Waals surface area contributed by atoms with Crippen molar-refractivity contribution in [3.05, 3.63) is 32.6 Å². The van der Waals surface area contributed by atoms with E-state index in [9.17, 15) is 0 Å². The van der Waals surface area contributed by atoms with E-state index in [1.165, 1.54) is 4.88 Å². The number of nitrogens with two attached hydrogens (primary N) is 1. The Morgan fingerprint density at radius 3 is 2.88 bits per heavy atom. The molecule has 0 fully saturated rings. The van der Waals surface area contributed by atoms with E-state index in [2.05, 4.69) is 37.3 Å². The zero-order valence-corrected chi connectivity index (χ0v) is 11.8. The van der Waals surface area contributed by atoms with Crippen LogP contribution in [0.5, 0.6) is 0 Å². The Morgan fingerprint density at radius 2 is 2.25 bits per heavy atom. The van der Waals surface area contributed by atoms with Crippen molar-refractivity contribution in [2.75, 3.05) is 5.73 Å². The van der Waals surface area contributed by atoms with Crippen molar-refractivity contribution in [3.63, 3.8) is 0 Å². The Hall–Kier alpha value is -0.590. The predicted octanol–water partition coefficient (Wildman–Crippen LogP) is 3.48. The van der Waals surface area contributed by atoms with E-state index < -0.39 is 0 Å². The number of thioether (sulfide) groups is 1. The summed E-state index contributed by atoms with van der Waals surface area (Å²) in [6, 6.07) is 3.88. The number of nitrogens with zero attached hydrogens (tertiary/aromatic N) is 2. The summed E-state index contributed by atoms with van der Waals surface area (Å²) in [5.41, 5.74) is 6.57. The van der Waals surface area contributed by atoms with Crippen LogP contribution in [0.4, 0.5) is 5.82 Å². The van der Waals surface area contributed by atoms with Crippen LogP contribution in [0.3, 0.4) is 0 Å². The van der Waals surface area contributed by atoms with Crippen LogP contribution in [0.2, 0.25) is 0 Å². The molecule has 0 unspecified atom stereocenters. The molecule has 0 spiro atoms. The number of hydrogen-bond acceptors (Lipinski definition) is 5. The van der Waals surface area contributed by atoms with Gasteiger partial charge in [-0.3, -0.25) is 0 Å². The molecule has 84 valence electrons. The number of thiophene rings is 1. The van der Waals surface area contributed by atoms with Gasteiger partial charge in [0.15, 0.2) is 5.16 Å². The number of aryl methyl sites for hydroxylation is 1. The number of hydrogen-bond donors (Lipinski definition) is 1. The summed E-state index contributed by atoms with van der Waals surface area (Å²) >= 11 is 6.76. The third-order valence-electron chi connectivity index (χ3n) is 1.82. The molecule has 6 heteroatoms. The van der Waals surface area contributed by atoms with E-state index >= 15 is 0 Å². The minimum atomic E-state index is 0.530. The van der Waals surface area contributed by atoms with E-state index in [1.807, 2.05) is 6.92 Å². The van der Waals surface area contributed by atoms with Crippen molar-refractivity contribution >= 4 is 44.8 Å². The molecule has 0 saturated carbocycles. The molecule has 0 saturated heterocycles. The fourth-order valence-electron chi connectivity index (χ4n) is 1.19. The van der Waals surface area contributed by atoms with Crippen molar-refractivity contribution in [2.24, 2.45) is 0 Å². The van der Waals surface area contributed by atoms with Crippen molar-refractivity contribution < 1.29 is 0 Å². The highest BCUT2D eigenvalue weighted by atomic mass is 79.9. The van der Waals surface area contributed by atoms with Gasteiger partial charge in [0.25, 0.3) is 0 Å². The SMILES string of the molecule is Cc1cc(N)nc(SCc2cc(Br)cs2)n1. The van der Waals surface area contributed by atoms with Crippen LogP contribution in [-0.4, -0.2) is 9.97 Å². The van der Waals surface area contributed by atoms with E-state index in [0.717, 1.165) is 21.1 Å². The Kier molecular flexibility index (Phi) is 3.83. The first-order valence-corrected chi connectivity index (χ1v) is 7.26. The molecule has 0 aliphatic carbocycles. The van der Waals surface area contributed by atoms with Crippen LogP contribution in [0.1, 0.15) is 10.6 Å². The van der Waals surface area contributed by atoms with Gasteiger partial charge in [-0.05, 0) is 28.9 Å². The second-order valence-electron chi connectivity index (χ2n) is 3.24. The fraction of sp³-hybridized carbons (Fsp3) is 0.200. The van der Waals surface area contributed by atoms with Crippen LogP contribution < -0.4 is 5.73 Å². The van der Waals surface area contributed by atoms with Gasteiger partial charge >= 0.3 is 0 Å². The highest BCUT2D eigenvalue weighted by Gasteiger charge is 2.03. The zero-order valence-electron chi connectivity index (χ0n) is 8.61. The molecule has 2 rings (SSSR count). The lowest BCUT2D eigenvalue weighted by Crippen LogP contribution is -1.96. The Balaban J connectivity index is 2.04. The number of nitrogen functional groups attached to an aromatic ring is 1. The maximum atomic E-state index is 5.66. The van der Waals surface area contributed by atoms with Crippen LogP contribution in [0.25, 0.3) is 0 Å². The molecule has 2 heterocycles. The predicted molar refractivity (Wildman–Crippen MR) is 72.8 cm³/mol. The minimum absolute atomic E-state index is 0.530. The summed E-state index contributed by atoms with van der Waals surface area (Å²) in [6.07, 6.45) is 0. The van der Waals surface area contributed by atoms with Crippen LogP contribution >= 0.6 is 39.0 Å². The second-order valence-corrected chi connectivity index (χ2v) is 6.09. The van der Waals surface area contributed by atoms with E-state index in [-0.39, 0.29) is 0 Å². The first-order valence-electron chi connectivity index (χ1n) is 4.60. The first kappa shape index (κ1) is 11.9. The van der Waals surface area contributed by atoms with Gasteiger partial charge in [0.2, 0.25) is 0 Å².